The fraction of sp³-hybridized carbons (Fsp3) is 0.186. The summed E-state index contributed by atoms with van der Waals surface area (Å²) >= 11 is 1.94. The van der Waals surface area contributed by atoms with Gasteiger partial charge >= 0.3 is 6.85 Å². The highest BCUT2D eigenvalue weighted by Gasteiger charge is 2.51. The van der Waals surface area contributed by atoms with Crippen LogP contribution in [0.25, 0.3) is 53.6 Å². The lowest BCUT2D eigenvalue weighted by Gasteiger charge is -2.48. The molecular weight excluding hydrogens is 780 g/mol. The largest absolute Gasteiger partial charge is 0.376 e. The van der Waals surface area contributed by atoms with Crippen LogP contribution in [-0.2, 0) is 16.2 Å². The molecule has 0 bridgehead atoms. The van der Waals surface area contributed by atoms with Crippen LogP contribution in [0, 0.1) is 0 Å². The van der Waals surface area contributed by atoms with Crippen molar-refractivity contribution in [3.05, 3.63) is 186 Å². The molecule has 0 radical (unpaired) electrons. The van der Waals surface area contributed by atoms with E-state index in [-0.39, 0.29) is 23.1 Å². The molecule has 0 saturated carbocycles. The molecule has 0 saturated heterocycles. The van der Waals surface area contributed by atoms with Crippen molar-refractivity contribution < 1.29 is 0 Å². The Morgan fingerprint density at radius 2 is 1.14 bits per heavy atom. The molecule has 4 heteroatoms. The molecule has 1 aliphatic carbocycles. The molecule has 0 N–H and O–H groups in total. The third kappa shape index (κ3) is 5.50. The SMILES string of the molecule is CC(C)(C)c1ccc(N2B3c4c(ccc5c4C(C)(C)c4ccccc4-5)N(c4ccccc4-c4ccccc4)c4c3c(cc3c4sc4ccccc43)-c3cc(C(C)(C)C)ccc32)cc1. The number of thiophene rings is 1. The Bertz CT molecular complexity index is 3340. The molecule has 63 heavy (non-hydrogen) atoms. The number of fused-ring (bicyclic) bond motifs is 12. The summed E-state index contributed by atoms with van der Waals surface area (Å²) in [4.78, 5) is 5.40. The van der Waals surface area contributed by atoms with Crippen LogP contribution in [0.4, 0.5) is 28.4 Å². The number of hydrogen-bond acceptors (Lipinski definition) is 3. The number of anilines is 5. The maximum Gasteiger partial charge on any atom is 0.333 e. The highest BCUT2D eigenvalue weighted by Crippen LogP contribution is 2.56. The van der Waals surface area contributed by atoms with Gasteiger partial charge in [0.1, 0.15) is 0 Å². The van der Waals surface area contributed by atoms with Gasteiger partial charge in [-0.3, -0.25) is 0 Å². The zero-order valence-corrected chi connectivity index (χ0v) is 38.3. The second kappa shape index (κ2) is 13.3. The molecule has 2 aliphatic heterocycles. The Morgan fingerprint density at radius 1 is 0.492 bits per heavy atom. The van der Waals surface area contributed by atoms with E-state index < -0.39 is 0 Å². The quantitative estimate of drug-likeness (QED) is 0.164. The summed E-state index contributed by atoms with van der Waals surface area (Å²) in [6.45, 7) is 18.8. The van der Waals surface area contributed by atoms with E-state index in [9.17, 15) is 0 Å². The van der Waals surface area contributed by atoms with Crippen molar-refractivity contribution in [2.75, 3.05) is 9.71 Å². The first-order valence-corrected chi connectivity index (χ1v) is 23.4. The number of benzene rings is 8. The average molecular weight is 831 g/mol. The van der Waals surface area contributed by atoms with E-state index in [1.807, 2.05) is 11.3 Å². The molecule has 3 aliphatic rings. The predicted molar refractivity (Wildman–Crippen MR) is 273 cm³/mol. The highest BCUT2D eigenvalue weighted by atomic mass is 32.1. The summed E-state index contributed by atoms with van der Waals surface area (Å²) in [6.07, 6.45) is 0. The highest BCUT2D eigenvalue weighted by molar-refractivity contribution is 7.26. The van der Waals surface area contributed by atoms with Gasteiger partial charge in [0.05, 0.1) is 16.1 Å². The second-order valence-electron chi connectivity index (χ2n) is 20.5. The van der Waals surface area contributed by atoms with Gasteiger partial charge in [-0.25, -0.2) is 0 Å². The van der Waals surface area contributed by atoms with Crippen molar-refractivity contribution in [1.82, 2.24) is 0 Å². The Balaban J connectivity index is 1.29. The second-order valence-corrected chi connectivity index (χ2v) is 21.6. The molecule has 3 heterocycles. The zero-order valence-electron chi connectivity index (χ0n) is 37.5. The van der Waals surface area contributed by atoms with Gasteiger partial charge in [0.25, 0.3) is 0 Å². The minimum atomic E-state index is -0.251. The normalized spacial score (nSPS) is 14.7. The molecule has 0 spiro atoms. The van der Waals surface area contributed by atoms with Gasteiger partial charge in [-0.15, -0.1) is 11.3 Å². The van der Waals surface area contributed by atoms with Gasteiger partial charge in [0, 0.05) is 49.1 Å². The molecule has 9 aromatic rings. The maximum absolute atomic E-state index is 2.72. The average Bonchev–Trinajstić information content (AvgIpc) is 3.77. The van der Waals surface area contributed by atoms with Gasteiger partial charge in [0.2, 0.25) is 0 Å². The van der Waals surface area contributed by atoms with E-state index in [1.54, 1.807) is 0 Å². The van der Waals surface area contributed by atoms with Crippen molar-refractivity contribution in [1.29, 1.82) is 0 Å². The molecule has 2 nitrogen and oxygen atoms in total. The zero-order chi connectivity index (χ0) is 43.2. The minimum Gasteiger partial charge on any atom is -0.376 e. The molecule has 0 unspecified atom stereocenters. The number of nitrogens with zero attached hydrogens (tertiary/aromatic N) is 2. The van der Waals surface area contributed by atoms with E-state index >= 15 is 0 Å². The van der Waals surface area contributed by atoms with E-state index in [1.165, 1.54) is 115 Å². The third-order valence-electron chi connectivity index (χ3n) is 14.3. The van der Waals surface area contributed by atoms with Gasteiger partial charge in [-0.2, -0.15) is 0 Å². The van der Waals surface area contributed by atoms with Gasteiger partial charge in [-0.1, -0.05) is 171 Å². The Kier molecular flexibility index (Phi) is 8.11. The summed E-state index contributed by atoms with van der Waals surface area (Å²) in [5, 5.41) is 2.63. The standard InChI is InChI=1S/C59H51BN2S/c1-57(2,3)37-26-29-39(30-27-37)62-49-32-28-38(58(4,5)6)34-44(49)45-35-46-42-22-14-17-25-51(42)63-56(46)55-53(45)60(62)54-50(33-31-43-41-21-12-15-23-47(41)59(7,8)52(43)54)61(55)48-24-16-13-20-40(48)36-18-10-9-11-19-36/h9-35H,1-8H3. The van der Waals surface area contributed by atoms with Crippen LogP contribution in [0.5, 0.6) is 0 Å². The van der Waals surface area contributed by atoms with Crippen LogP contribution in [0.1, 0.15) is 77.6 Å². The number of hydrogen-bond donors (Lipinski definition) is 0. The van der Waals surface area contributed by atoms with Crippen molar-refractivity contribution in [2.24, 2.45) is 0 Å². The topological polar surface area (TPSA) is 6.48 Å². The Labute approximate surface area is 376 Å². The van der Waals surface area contributed by atoms with Crippen molar-refractivity contribution >= 4 is 77.7 Å². The molecule has 0 amide bonds. The van der Waals surface area contributed by atoms with Gasteiger partial charge < -0.3 is 9.71 Å². The van der Waals surface area contributed by atoms with Crippen molar-refractivity contribution in [3.63, 3.8) is 0 Å². The number of rotatable bonds is 3. The third-order valence-corrected chi connectivity index (χ3v) is 15.5. The molecule has 8 aromatic carbocycles. The summed E-state index contributed by atoms with van der Waals surface area (Å²) in [5.74, 6) is 0. The molecule has 1 aromatic heterocycles. The monoisotopic (exact) mass is 830 g/mol. The van der Waals surface area contributed by atoms with E-state index in [0.29, 0.717) is 0 Å². The Morgan fingerprint density at radius 3 is 1.90 bits per heavy atom. The summed E-state index contributed by atoms with van der Waals surface area (Å²) in [5.41, 5.74) is 21.9. The van der Waals surface area contributed by atoms with Crippen LogP contribution in [0.15, 0.2) is 164 Å². The number of para-hydroxylation sites is 1. The van der Waals surface area contributed by atoms with Gasteiger partial charge in [0.15, 0.2) is 0 Å². The lowest BCUT2D eigenvalue weighted by Crippen LogP contribution is -2.63. The van der Waals surface area contributed by atoms with Crippen molar-refractivity contribution in [3.8, 4) is 33.4 Å². The van der Waals surface area contributed by atoms with E-state index in [2.05, 4.69) is 229 Å². The molecular formula is C59H51BN2S. The summed E-state index contributed by atoms with van der Waals surface area (Å²) in [7, 11) is 0. The van der Waals surface area contributed by atoms with E-state index in [4.69, 9.17) is 0 Å². The first-order chi connectivity index (χ1) is 30.3. The molecule has 0 atom stereocenters. The first-order valence-electron chi connectivity index (χ1n) is 22.6. The fourth-order valence-electron chi connectivity index (χ4n) is 11.2. The van der Waals surface area contributed by atoms with Crippen LogP contribution in [-0.4, -0.2) is 6.85 Å². The van der Waals surface area contributed by atoms with E-state index in [0.717, 1.165) is 0 Å². The molecule has 306 valence electrons. The van der Waals surface area contributed by atoms with Crippen LogP contribution in [0.3, 0.4) is 0 Å². The fourth-order valence-corrected chi connectivity index (χ4v) is 12.5. The summed E-state index contributed by atoms with van der Waals surface area (Å²) < 4.78 is 2.64. The molecule has 12 rings (SSSR count). The van der Waals surface area contributed by atoms with Crippen molar-refractivity contribution in [2.45, 2.75) is 71.6 Å². The van der Waals surface area contributed by atoms with Crippen LogP contribution < -0.4 is 20.6 Å². The minimum absolute atomic E-state index is 0.0335. The molecule has 0 fully saturated rings. The lowest BCUT2D eigenvalue weighted by molar-refractivity contribution is 0.590. The summed E-state index contributed by atoms with van der Waals surface area (Å²) in [6, 6.07) is 62.6. The maximum atomic E-state index is 2.72. The first kappa shape index (κ1) is 38.3. The lowest BCUT2D eigenvalue weighted by atomic mass is 9.41. The van der Waals surface area contributed by atoms with Crippen LogP contribution >= 0.6 is 11.3 Å². The van der Waals surface area contributed by atoms with Crippen LogP contribution in [0.2, 0.25) is 0 Å². The smallest absolute Gasteiger partial charge is 0.333 e. The Hall–Kier alpha value is -6.36. The predicted octanol–water partition coefficient (Wildman–Crippen LogP) is 15.3. The van der Waals surface area contributed by atoms with Gasteiger partial charge in [-0.05, 0) is 115 Å².